The normalized spacial score (nSPS) is 16.1. The van der Waals surface area contributed by atoms with Gasteiger partial charge in [0.1, 0.15) is 11.9 Å². The number of carbonyl (C=O) groups excluding carboxylic acids is 1. The van der Waals surface area contributed by atoms with Gasteiger partial charge in [-0.3, -0.25) is 9.78 Å². The van der Waals surface area contributed by atoms with E-state index in [2.05, 4.69) is 16.4 Å². The van der Waals surface area contributed by atoms with E-state index < -0.39 is 0 Å². The van der Waals surface area contributed by atoms with Crippen molar-refractivity contribution in [3.8, 4) is 28.5 Å². The molecule has 0 radical (unpaired) electrons. The highest BCUT2D eigenvalue weighted by molar-refractivity contribution is 5.79. The fourth-order valence-corrected chi connectivity index (χ4v) is 3.93. The lowest BCUT2D eigenvalue weighted by Gasteiger charge is -2.14. The summed E-state index contributed by atoms with van der Waals surface area (Å²) in [6, 6.07) is 15.7. The summed E-state index contributed by atoms with van der Waals surface area (Å²) in [7, 11) is 0. The minimum atomic E-state index is -0.0918. The molecular formula is C24H22N2O4. The fourth-order valence-electron chi connectivity index (χ4n) is 3.93. The highest BCUT2D eigenvalue weighted by atomic mass is 16.7. The molecule has 0 bridgehead atoms. The highest BCUT2D eigenvalue weighted by Gasteiger charge is 2.27. The van der Waals surface area contributed by atoms with Crippen molar-refractivity contribution in [2.75, 3.05) is 13.3 Å². The summed E-state index contributed by atoms with van der Waals surface area (Å²) in [5.74, 6) is 2.23. The van der Waals surface area contributed by atoms with Gasteiger partial charge in [-0.2, -0.15) is 0 Å². The number of fused-ring (bicyclic) bond motifs is 2. The molecular weight excluding hydrogens is 380 g/mol. The number of aromatic nitrogens is 1. The predicted octanol–water partition coefficient (Wildman–Crippen LogP) is 3.45. The summed E-state index contributed by atoms with van der Waals surface area (Å²) < 4.78 is 16.9. The van der Waals surface area contributed by atoms with Crippen molar-refractivity contribution in [1.29, 1.82) is 0 Å². The molecule has 0 saturated heterocycles. The Morgan fingerprint density at radius 2 is 2.03 bits per heavy atom. The first kappa shape index (κ1) is 18.5. The first-order valence-electron chi connectivity index (χ1n) is 10.0. The lowest BCUT2D eigenvalue weighted by atomic mass is 10.0. The molecule has 5 rings (SSSR count). The zero-order chi connectivity index (χ0) is 20.5. The number of hydrogen-bond donors (Lipinski definition) is 1. The summed E-state index contributed by atoms with van der Waals surface area (Å²) in [6.45, 7) is 2.73. The number of nitrogens with zero attached hydrogens (tertiary/aromatic N) is 1. The maximum atomic E-state index is 12.4. The maximum absolute atomic E-state index is 12.4. The van der Waals surface area contributed by atoms with Crippen LogP contribution in [0.5, 0.6) is 17.2 Å². The number of carbonyl (C=O) groups is 1. The van der Waals surface area contributed by atoms with E-state index in [4.69, 9.17) is 14.2 Å². The van der Waals surface area contributed by atoms with E-state index in [1.807, 2.05) is 49.4 Å². The number of para-hydroxylation sites is 1. The zero-order valence-corrected chi connectivity index (χ0v) is 16.7. The number of hydrogen-bond acceptors (Lipinski definition) is 5. The van der Waals surface area contributed by atoms with Crippen LogP contribution in [0.25, 0.3) is 11.3 Å². The molecule has 30 heavy (non-hydrogen) atoms. The minimum absolute atomic E-state index is 0.0470. The van der Waals surface area contributed by atoms with E-state index in [0.29, 0.717) is 12.3 Å². The van der Waals surface area contributed by atoms with Crippen LogP contribution in [0.4, 0.5) is 0 Å². The van der Waals surface area contributed by atoms with Gasteiger partial charge in [0.15, 0.2) is 11.5 Å². The number of nitrogens with one attached hydrogen (secondary N) is 1. The molecule has 2 aliphatic rings. The molecule has 6 nitrogen and oxygen atoms in total. The van der Waals surface area contributed by atoms with Crippen molar-refractivity contribution in [3.05, 3.63) is 71.4 Å². The summed E-state index contributed by atoms with van der Waals surface area (Å²) in [4.78, 5) is 17.0. The molecule has 1 amide bonds. The molecule has 3 aromatic rings. The van der Waals surface area contributed by atoms with Crippen molar-refractivity contribution >= 4 is 5.91 Å². The van der Waals surface area contributed by atoms with E-state index in [0.717, 1.165) is 45.9 Å². The van der Waals surface area contributed by atoms with E-state index in [1.165, 1.54) is 0 Å². The van der Waals surface area contributed by atoms with Gasteiger partial charge in [0.25, 0.3) is 0 Å². The number of pyridine rings is 1. The van der Waals surface area contributed by atoms with Crippen LogP contribution in [0.1, 0.15) is 16.7 Å². The van der Waals surface area contributed by atoms with Crippen LogP contribution in [0.15, 0.2) is 54.7 Å². The van der Waals surface area contributed by atoms with Crippen LogP contribution in [-0.4, -0.2) is 30.3 Å². The Kier molecular flexibility index (Phi) is 4.75. The van der Waals surface area contributed by atoms with Gasteiger partial charge >= 0.3 is 0 Å². The number of amides is 1. The van der Waals surface area contributed by atoms with Gasteiger partial charge in [0.2, 0.25) is 12.7 Å². The van der Waals surface area contributed by atoms with E-state index >= 15 is 0 Å². The molecule has 0 spiro atoms. The second kappa shape index (κ2) is 7.71. The predicted molar refractivity (Wildman–Crippen MR) is 112 cm³/mol. The largest absolute Gasteiger partial charge is 0.487 e. The van der Waals surface area contributed by atoms with Crippen molar-refractivity contribution in [2.24, 2.45) is 0 Å². The number of aryl methyl sites for hydroxylation is 1. The van der Waals surface area contributed by atoms with Crippen LogP contribution in [0, 0.1) is 6.92 Å². The number of ether oxygens (including phenoxy) is 3. The first-order valence-corrected chi connectivity index (χ1v) is 10.0. The molecule has 0 aliphatic carbocycles. The average molecular weight is 402 g/mol. The second-order valence-electron chi connectivity index (χ2n) is 7.58. The van der Waals surface area contributed by atoms with E-state index in [1.54, 1.807) is 6.20 Å². The molecule has 152 valence electrons. The third-order valence-corrected chi connectivity index (χ3v) is 5.42. The Morgan fingerprint density at radius 3 is 2.93 bits per heavy atom. The highest BCUT2D eigenvalue weighted by Crippen LogP contribution is 2.39. The van der Waals surface area contributed by atoms with Crippen molar-refractivity contribution < 1.29 is 19.0 Å². The van der Waals surface area contributed by atoms with Crippen LogP contribution in [-0.2, 0) is 17.6 Å². The van der Waals surface area contributed by atoms with Gasteiger partial charge in [-0.05, 0) is 47.9 Å². The third-order valence-electron chi connectivity index (χ3n) is 5.42. The van der Waals surface area contributed by atoms with Crippen LogP contribution >= 0.6 is 0 Å². The summed E-state index contributed by atoms with van der Waals surface area (Å²) >= 11 is 0. The molecule has 2 aromatic carbocycles. The van der Waals surface area contributed by atoms with Gasteiger partial charge in [0, 0.05) is 18.2 Å². The smallest absolute Gasteiger partial charge is 0.231 e. The zero-order valence-electron chi connectivity index (χ0n) is 16.7. The van der Waals surface area contributed by atoms with Crippen molar-refractivity contribution in [1.82, 2.24) is 10.3 Å². The Labute approximate surface area is 174 Å². The Bertz CT molecular complexity index is 1110. The van der Waals surface area contributed by atoms with Gasteiger partial charge in [-0.1, -0.05) is 24.3 Å². The Morgan fingerprint density at radius 1 is 1.13 bits per heavy atom. The Hall–Kier alpha value is -3.54. The fraction of sp³-hybridized carbons (Fsp3) is 0.250. The molecule has 0 fully saturated rings. The van der Waals surface area contributed by atoms with Crippen molar-refractivity contribution in [3.63, 3.8) is 0 Å². The minimum Gasteiger partial charge on any atom is -0.487 e. The molecule has 1 aromatic heterocycles. The lowest BCUT2D eigenvalue weighted by Crippen LogP contribution is -2.35. The van der Waals surface area contributed by atoms with Gasteiger partial charge in [-0.25, -0.2) is 0 Å². The monoisotopic (exact) mass is 402 g/mol. The second-order valence-corrected chi connectivity index (χ2v) is 7.58. The molecule has 0 saturated carbocycles. The molecule has 1 atom stereocenters. The van der Waals surface area contributed by atoms with Gasteiger partial charge in [-0.15, -0.1) is 0 Å². The van der Waals surface area contributed by atoms with Crippen LogP contribution < -0.4 is 19.5 Å². The third kappa shape index (κ3) is 3.56. The summed E-state index contributed by atoms with van der Waals surface area (Å²) in [5.41, 5.74) is 5.07. The van der Waals surface area contributed by atoms with Crippen molar-refractivity contribution in [2.45, 2.75) is 25.9 Å². The topological polar surface area (TPSA) is 69.7 Å². The molecule has 2 aliphatic heterocycles. The quantitative estimate of drug-likeness (QED) is 0.708. The van der Waals surface area contributed by atoms with E-state index in [9.17, 15) is 4.79 Å². The first-order chi connectivity index (χ1) is 14.7. The van der Waals surface area contributed by atoms with Crippen LogP contribution in [0.3, 0.4) is 0 Å². The summed E-state index contributed by atoms with van der Waals surface area (Å²) in [5, 5.41) is 2.99. The SMILES string of the molecule is Cc1cccnc1-c1cccc2c1OC(CNC(=O)Cc1ccc3c(c1)OCO3)C2. The van der Waals surface area contributed by atoms with Crippen LogP contribution in [0.2, 0.25) is 0 Å². The van der Waals surface area contributed by atoms with Gasteiger partial charge < -0.3 is 19.5 Å². The molecule has 6 heteroatoms. The molecule has 1 N–H and O–H groups in total. The number of benzene rings is 2. The molecule has 1 unspecified atom stereocenters. The van der Waals surface area contributed by atoms with Gasteiger partial charge in [0.05, 0.1) is 18.7 Å². The van der Waals surface area contributed by atoms with E-state index in [-0.39, 0.29) is 25.2 Å². The Balaban J connectivity index is 1.22. The maximum Gasteiger partial charge on any atom is 0.231 e. The average Bonchev–Trinajstić information content (AvgIpc) is 3.38. The molecule has 3 heterocycles. The lowest BCUT2D eigenvalue weighted by molar-refractivity contribution is -0.120. The summed E-state index contributed by atoms with van der Waals surface area (Å²) in [6.07, 6.45) is 2.75. The number of rotatable bonds is 5. The standard InChI is InChI=1S/C24H22N2O4/c1-15-4-3-9-25-23(15)19-6-2-5-17-12-18(30-24(17)19)13-26-22(27)11-16-7-8-20-21(10-16)29-14-28-20/h2-10,18H,11-14H2,1H3,(H,26,27).